The van der Waals surface area contributed by atoms with Crippen LogP contribution >= 0.6 is 12.4 Å². The maximum absolute atomic E-state index is 12.9. The number of rotatable bonds is 6. The lowest BCUT2D eigenvalue weighted by atomic mass is 9.95. The first-order valence-corrected chi connectivity index (χ1v) is 10.3. The van der Waals surface area contributed by atoms with E-state index >= 15 is 0 Å². The maximum atomic E-state index is 12.9. The number of carbonyl (C=O) groups excluding carboxylic acids is 2. The minimum absolute atomic E-state index is 0. The molecule has 166 valence electrons. The van der Waals surface area contributed by atoms with E-state index in [1.807, 2.05) is 32.0 Å². The van der Waals surface area contributed by atoms with Crippen LogP contribution in [0.1, 0.15) is 31.4 Å². The summed E-state index contributed by atoms with van der Waals surface area (Å²) in [5.41, 5.74) is 2.99. The molecule has 31 heavy (non-hydrogen) atoms. The number of carbonyl (C=O) groups is 2. The van der Waals surface area contributed by atoms with Gasteiger partial charge in [0.05, 0.1) is 6.04 Å². The zero-order valence-electron chi connectivity index (χ0n) is 17.6. The van der Waals surface area contributed by atoms with Crippen molar-refractivity contribution in [3.05, 3.63) is 53.6 Å². The summed E-state index contributed by atoms with van der Waals surface area (Å²) in [7, 11) is 0. The molecule has 2 aromatic carbocycles. The Bertz CT molecular complexity index is 950. The molecule has 2 aliphatic rings. The van der Waals surface area contributed by atoms with Crippen LogP contribution in [0.15, 0.2) is 42.5 Å². The van der Waals surface area contributed by atoms with E-state index in [9.17, 15) is 9.59 Å². The standard InChI is InChI=1S/C23H27N3O4.ClH/c1-14(2)9-19(23(28)25-17-7-8-20-21(11-17)30-13-29-20)26-22(27)18-10-15-5-3-4-6-16(15)12-24-18;/h3-8,11,14,18-19,24H,9-10,12-13H2,1-2H3,(H,25,28)(H,26,27);1H/t18-,19-;/m0./s1. The lowest BCUT2D eigenvalue weighted by Crippen LogP contribution is -2.53. The first-order chi connectivity index (χ1) is 14.5. The quantitative estimate of drug-likeness (QED) is 0.636. The molecule has 2 heterocycles. The zero-order chi connectivity index (χ0) is 21.1. The van der Waals surface area contributed by atoms with Crippen LogP contribution in [0.4, 0.5) is 5.69 Å². The lowest BCUT2D eigenvalue weighted by molar-refractivity contribution is -0.128. The maximum Gasteiger partial charge on any atom is 0.246 e. The van der Waals surface area contributed by atoms with Gasteiger partial charge >= 0.3 is 0 Å². The molecule has 2 aromatic rings. The lowest BCUT2D eigenvalue weighted by Gasteiger charge is -2.28. The summed E-state index contributed by atoms with van der Waals surface area (Å²) < 4.78 is 10.7. The van der Waals surface area contributed by atoms with Gasteiger partial charge in [0.2, 0.25) is 18.6 Å². The molecule has 0 saturated carbocycles. The van der Waals surface area contributed by atoms with E-state index in [0.717, 1.165) is 0 Å². The third-order valence-corrected chi connectivity index (χ3v) is 5.38. The predicted octanol–water partition coefficient (Wildman–Crippen LogP) is 3.02. The largest absolute Gasteiger partial charge is 0.454 e. The highest BCUT2D eigenvalue weighted by molar-refractivity contribution is 5.98. The van der Waals surface area contributed by atoms with Crippen molar-refractivity contribution in [2.24, 2.45) is 5.92 Å². The molecule has 0 aliphatic carbocycles. The van der Waals surface area contributed by atoms with Crippen molar-refractivity contribution in [3.8, 4) is 11.5 Å². The summed E-state index contributed by atoms with van der Waals surface area (Å²) in [5, 5.41) is 9.12. The minimum Gasteiger partial charge on any atom is -0.454 e. The van der Waals surface area contributed by atoms with Crippen LogP contribution in [0.2, 0.25) is 0 Å². The fraction of sp³-hybridized carbons (Fsp3) is 0.391. The summed E-state index contributed by atoms with van der Waals surface area (Å²) in [6, 6.07) is 12.4. The Morgan fingerprint density at radius 3 is 2.61 bits per heavy atom. The number of fused-ring (bicyclic) bond motifs is 2. The van der Waals surface area contributed by atoms with E-state index in [4.69, 9.17) is 9.47 Å². The van der Waals surface area contributed by atoms with Gasteiger partial charge in [-0.05, 0) is 42.0 Å². The van der Waals surface area contributed by atoms with Crippen LogP contribution in [0, 0.1) is 5.92 Å². The highest BCUT2D eigenvalue weighted by Crippen LogP contribution is 2.34. The van der Waals surface area contributed by atoms with Gasteiger partial charge in [-0.25, -0.2) is 0 Å². The minimum atomic E-state index is -0.623. The van der Waals surface area contributed by atoms with Crippen molar-refractivity contribution < 1.29 is 19.1 Å². The summed E-state index contributed by atoms with van der Waals surface area (Å²) in [6.45, 7) is 4.88. The molecule has 2 aliphatic heterocycles. The van der Waals surface area contributed by atoms with E-state index in [1.54, 1.807) is 18.2 Å². The van der Waals surface area contributed by atoms with Gasteiger partial charge in [0.1, 0.15) is 6.04 Å². The van der Waals surface area contributed by atoms with E-state index in [-0.39, 0.29) is 43.0 Å². The molecule has 0 aromatic heterocycles. The smallest absolute Gasteiger partial charge is 0.246 e. The van der Waals surface area contributed by atoms with Gasteiger partial charge in [-0.3, -0.25) is 9.59 Å². The molecule has 2 atom stereocenters. The van der Waals surface area contributed by atoms with Crippen molar-refractivity contribution in [2.45, 2.75) is 45.3 Å². The second kappa shape index (κ2) is 10.0. The number of ether oxygens (including phenoxy) is 2. The Balaban J connectivity index is 0.00000272. The summed E-state index contributed by atoms with van der Waals surface area (Å²) in [4.78, 5) is 25.9. The van der Waals surface area contributed by atoms with E-state index in [2.05, 4.69) is 22.0 Å². The van der Waals surface area contributed by atoms with Crippen LogP contribution in [0.25, 0.3) is 0 Å². The van der Waals surface area contributed by atoms with E-state index < -0.39 is 6.04 Å². The fourth-order valence-corrected chi connectivity index (χ4v) is 3.82. The first kappa shape index (κ1) is 22.9. The monoisotopic (exact) mass is 445 g/mol. The number of hydrogen-bond donors (Lipinski definition) is 3. The number of benzene rings is 2. The molecule has 2 amide bonds. The Morgan fingerprint density at radius 1 is 1.10 bits per heavy atom. The van der Waals surface area contributed by atoms with Crippen molar-refractivity contribution in [1.82, 2.24) is 10.6 Å². The van der Waals surface area contributed by atoms with Crippen LogP contribution in [0.5, 0.6) is 11.5 Å². The molecule has 0 bridgehead atoms. The fourth-order valence-electron chi connectivity index (χ4n) is 3.82. The second-order valence-electron chi connectivity index (χ2n) is 8.15. The van der Waals surface area contributed by atoms with Crippen molar-refractivity contribution in [2.75, 3.05) is 12.1 Å². The third-order valence-electron chi connectivity index (χ3n) is 5.38. The average Bonchev–Trinajstić information content (AvgIpc) is 3.20. The normalized spacial score (nSPS) is 17.3. The van der Waals surface area contributed by atoms with Gasteiger partial charge in [-0.2, -0.15) is 0 Å². The molecular weight excluding hydrogens is 418 g/mol. The van der Waals surface area contributed by atoms with Crippen LogP contribution in [-0.4, -0.2) is 30.7 Å². The summed E-state index contributed by atoms with van der Waals surface area (Å²) >= 11 is 0. The number of anilines is 1. The number of amides is 2. The predicted molar refractivity (Wildman–Crippen MR) is 121 cm³/mol. The first-order valence-electron chi connectivity index (χ1n) is 10.3. The van der Waals surface area contributed by atoms with Crippen molar-refractivity contribution in [3.63, 3.8) is 0 Å². The molecule has 0 spiro atoms. The van der Waals surface area contributed by atoms with E-state index in [1.165, 1.54) is 11.1 Å². The molecule has 7 nitrogen and oxygen atoms in total. The van der Waals surface area contributed by atoms with Gasteiger partial charge in [0.25, 0.3) is 0 Å². The van der Waals surface area contributed by atoms with Gasteiger partial charge < -0.3 is 25.4 Å². The molecule has 8 heteroatoms. The summed E-state index contributed by atoms with van der Waals surface area (Å²) in [5.74, 6) is 1.10. The molecule has 0 fully saturated rings. The number of nitrogens with one attached hydrogen (secondary N) is 3. The Kier molecular flexibility index (Phi) is 7.41. The molecule has 0 unspecified atom stereocenters. The molecule has 3 N–H and O–H groups in total. The molecule has 0 saturated heterocycles. The topological polar surface area (TPSA) is 88.7 Å². The zero-order valence-corrected chi connectivity index (χ0v) is 18.5. The van der Waals surface area contributed by atoms with Crippen LogP contribution in [-0.2, 0) is 22.6 Å². The molecular formula is C23H28ClN3O4. The van der Waals surface area contributed by atoms with Crippen molar-refractivity contribution >= 4 is 29.9 Å². The Labute approximate surface area is 188 Å². The number of hydrogen-bond acceptors (Lipinski definition) is 5. The highest BCUT2D eigenvalue weighted by Gasteiger charge is 2.29. The van der Waals surface area contributed by atoms with E-state index in [0.29, 0.717) is 36.6 Å². The van der Waals surface area contributed by atoms with Gasteiger partial charge in [-0.1, -0.05) is 38.1 Å². The average molecular weight is 446 g/mol. The SMILES string of the molecule is CC(C)C[C@H](NC(=O)[C@@H]1Cc2ccccc2CN1)C(=O)Nc1ccc2c(c1)OCO2.Cl. The van der Waals surface area contributed by atoms with Gasteiger partial charge in [0, 0.05) is 18.3 Å². The Morgan fingerprint density at radius 2 is 1.84 bits per heavy atom. The van der Waals surface area contributed by atoms with Gasteiger partial charge in [-0.15, -0.1) is 12.4 Å². The van der Waals surface area contributed by atoms with Crippen LogP contribution in [0.3, 0.4) is 0 Å². The van der Waals surface area contributed by atoms with Crippen LogP contribution < -0.4 is 25.4 Å². The highest BCUT2D eigenvalue weighted by atomic mass is 35.5. The van der Waals surface area contributed by atoms with Gasteiger partial charge in [0.15, 0.2) is 11.5 Å². The molecule has 4 rings (SSSR count). The molecule has 0 radical (unpaired) electrons. The van der Waals surface area contributed by atoms with Crippen molar-refractivity contribution in [1.29, 1.82) is 0 Å². The number of halogens is 1. The Hall–Kier alpha value is -2.77. The third kappa shape index (κ3) is 5.48. The second-order valence-corrected chi connectivity index (χ2v) is 8.15. The summed E-state index contributed by atoms with van der Waals surface area (Å²) in [6.07, 6.45) is 1.16.